The number of anilines is 1. The van der Waals surface area contributed by atoms with Gasteiger partial charge in [0.2, 0.25) is 15.9 Å². The van der Waals surface area contributed by atoms with Gasteiger partial charge in [-0.05, 0) is 61.2 Å². The molecule has 4 aromatic rings. The number of amides is 1. The van der Waals surface area contributed by atoms with Crippen molar-refractivity contribution in [3.8, 4) is 5.75 Å². The van der Waals surface area contributed by atoms with Gasteiger partial charge in [0.15, 0.2) is 5.13 Å². The van der Waals surface area contributed by atoms with E-state index >= 15 is 0 Å². The monoisotopic (exact) mass is 535 g/mol. The Morgan fingerprint density at radius 1 is 1.03 bits per heavy atom. The summed E-state index contributed by atoms with van der Waals surface area (Å²) in [4.78, 5) is 20.7. The molecule has 1 amide bonds. The van der Waals surface area contributed by atoms with Crippen LogP contribution < -0.4 is 9.64 Å². The molecule has 7 nitrogen and oxygen atoms in total. The van der Waals surface area contributed by atoms with Gasteiger partial charge in [-0.2, -0.15) is 4.31 Å². The van der Waals surface area contributed by atoms with Crippen LogP contribution in [0.5, 0.6) is 5.75 Å². The fourth-order valence-electron chi connectivity index (χ4n) is 4.66. The van der Waals surface area contributed by atoms with Crippen molar-refractivity contribution < 1.29 is 17.9 Å². The molecule has 0 radical (unpaired) electrons. The highest BCUT2D eigenvalue weighted by atomic mass is 32.2. The van der Waals surface area contributed by atoms with E-state index in [9.17, 15) is 13.2 Å². The van der Waals surface area contributed by atoms with Crippen LogP contribution in [0.25, 0.3) is 10.2 Å². The lowest BCUT2D eigenvalue weighted by Gasteiger charge is -2.33. The smallest absolute Gasteiger partial charge is 0.243 e. The molecule has 1 fully saturated rings. The van der Waals surface area contributed by atoms with Gasteiger partial charge in [-0.25, -0.2) is 13.4 Å². The minimum atomic E-state index is -3.64. The van der Waals surface area contributed by atoms with Gasteiger partial charge in [0, 0.05) is 19.0 Å². The van der Waals surface area contributed by atoms with Crippen molar-refractivity contribution >= 4 is 42.6 Å². The number of hydrogen-bond donors (Lipinski definition) is 0. The summed E-state index contributed by atoms with van der Waals surface area (Å²) in [5.74, 6) is 0.313. The minimum absolute atomic E-state index is 0.0120. The van der Waals surface area contributed by atoms with Crippen LogP contribution in [0.2, 0.25) is 0 Å². The first-order valence-corrected chi connectivity index (χ1v) is 14.5. The van der Waals surface area contributed by atoms with E-state index in [-0.39, 0.29) is 16.7 Å². The second-order valence-electron chi connectivity index (χ2n) is 9.18. The lowest BCUT2D eigenvalue weighted by atomic mass is 9.96. The van der Waals surface area contributed by atoms with Crippen LogP contribution in [0.15, 0.2) is 77.7 Å². The third kappa shape index (κ3) is 5.25. The zero-order valence-electron chi connectivity index (χ0n) is 20.8. The molecule has 0 spiro atoms. The highest BCUT2D eigenvalue weighted by molar-refractivity contribution is 7.89. The molecule has 1 aliphatic heterocycles. The molecule has 3 aromatic carbocycles. The summed E-state index contributed by atoms with van der Waals surface area (Å²) in [6.45, 7) is 3.03. The number of para-hydroxylation sites is 1. The van der Waals surface area contributed by atoms with Gasteiger partial charge in [-0.3, -0.25) is 9.69 Å². The van der Waals surface area contributed by atoms with Crippen LogP contribution in [0.1, 0.15) is 24.0 Å². The van der Waals surface area contributed by atoms with E-state index < -0.39 is 10.0 Å². The summed E-state index contributed by atoms with van der Waals surface area (Å²) in [5, 5.41) is 0.673. The molecule has 37 heavy (non-hydrogen) atoms. The topological polar surface area (TPSA) is 79.8 Å². The van der Waals surface area contributed by atoms with Crippen LogP contribution in [-0.4, -0.2) is 43.8 Å². The van der Waals surface area contributed by atoms with Crippen molar-refractivity contribution in [3.63, 3.8) is 0 Å². The molecule has 0 saturated carbocycles. The van der Waals surface area contributed by atoms with Crippen molar-refractivity contribution in [2.75, 3.05) is 25.1 Å². The number of fused-ring (bicyclic) bond motifs is 1. The largest absolute Gasteiger partial charge is 0.497 e. The first-order chi connectivity index (χ1) is 17.9. The number of hydrogen-bond acceptors (Lipinski definition) is 6. The number of ether oxygens (including phenoxy) is 1. The maximum Gasteiger partial charge on any atom is 0.243 e. The van der Waals surface area contributed by atoms with Crippen LogP contribution >= 0.6 is 11.3 Å². The van der Waals surface area contributed by atoms with E-state index in [1.807, 2.05) is 55.5 Å². The molecule has 0 bridgehead atoms. The molecule has 5 rings (SSSR count). The second kappa shape index (κ2) is 10.6. The summed E-state index contributed by atoms with van der Waals surface area (Å²) in [6, 6.07) is 22.3. The summed E-state index contributed by atoms with van der Waals surface area (Å²) in [7, 11) is -2.09. The highest BCUT2D eigenvalue weighted by Gasteiger charge is 2.35. The van der Waals surface area contributed by atoms with Gasteiger partial charge in [-0.15, -0.1) is 0 Å². The summed E-state index contributed by atoms with van der Waals surface area (Å²) in [5.41, 5.74) is 3.00. The Morgan fingerprint density at radius 3 is 2.38 bits per heavy atom. The number of rotatable bonds is 7. The van der Waals surface area contributed by atoms with Crippen molar-refractivity contribution in [1.29, 1.82) is 0 Å². The molecule has 0 atom stereocenters. The van der Waals surface area contributed by atoms with Gasteiger partial charge in [0.1, 0.15) is 5.75 Å². The lowest BCUT2D eigenvalue weighted by Crippen LogP contribution is -2.44. The number of benzene rings is 3. The fraction of sp³-hybridized carbons (Fsp3) is 0.286. The summed E-state index contributed by atoms with van der Waals surface area (Å²) < 4.78 is 34.0. The van der Waals surface area contributed by atoms with Gasteiger partial charge >= 0.3 is 0 Å². The SMILES string of the molecule is COc1ccc(S(=O)(=O)N2CCC(C(=O)N(Cc3ccccc3)c3nc4c(C)cccc4s3)CC2)cc1. The minimum Gasteiger partial charge on any atom is -0.497 e. The van der Waals surface area contributed by atoms with Gasteiger partial charge in [0.05, 0.1) is 28.8 Å². The van der Waals surface area contributed by atoms with Crippen molar-refractivity contribution in [3.05, 3.63) is 83.9 Å². The van der Waals surface area contributed by atoms with Gasteiger partial charge in [0.25, 0.3) is 0 Å². The van der Waals surface area contributed by atoms with E-state index in [4.69, 9.17) is 9.72 Å². The third-order valence-corrected chi connectivity index (χ3v) is 9.75. The standard InChI is InChI=1S/C28H29N3O4S2/c1-20-7-6-10-25-26(20)29-28(36-25)31(19-21-8-4-3-5-9-21)27(32)22-15-17-30(18-16-22)37(33,34)24-13-11-23(35-2)12-14-24/h3-14,22H,15-19H2,1-2H3. The Kier molecular flexibility index (Phi) is 7.28. The van der Waals surface area contributed by atoms with Crippen LogP contribution in [0, 0.1) is 12.8 Å². The Hall–Kier alpha value is -3.27. The average molecular weight is 536 g/mol. The van der Waals surface area contributed by atoms with Crippen LogP contribution in [0.4, 0.5) is 5.13 Å². The Balaban J connectivity index is 1.36. The molecule has 1 aliphatic rings. The number of sulfonamides is 1. The maximum absolute atomic E-state index is 13.9. The fourth-order valence-corrected chi connectivity index (χ4v) is 7.17. The third-order valence-electron chi connectivity index (χ3n) is 6.79. The Labute approximate surface area is 221 Å². The zero-order valence-corrected chi connectivity index (χ0v) is 22.5. The molecule has 1 aromatic heterocycles. The number of piperidine rings is 1. The van der Waals surface area contributed by atoms with Gasteiger partial charge in [-0.1, -0.05) is 53.8 Å². The van der Waals surface area contributed by atoms with E-state index in [1.54, 1.807) is 36.3 Å². The van der Waals surface area contributed by atoms with Crippen LogP contribution in [-0.2, 0) is 21.4 Å². The summed E-state index contributed by atoms with van der Waals surface area (Å²) >= 11 is 1.51. The molecule has 9 heteroatoms. The number of nitrogens with zero attached hydrogens (tertiary/aromatic N) is 3. The lowest BCUT2D eigenvalue weighted by molar-refractivity contribution is -0.123. The zero-order chi connectivity index (χ0) is 26.0. The highest BCUT2D eigenvalue weighted by Crippen LogP contribution is 2.34. The molecule has 192 valence electrons. The summed E-state index contributed by atoms with van der Waals surface area (Å²) in [6.07, 6.45) is 0.923. The van der Waals surface area contributed by atoms with Gasteiger partial charge < -0.3 is 4.74 Å². The molecule has 0 aliphatic carbocycles. The molecule has 0 N–H and O–H groups in total. The quantitative estimate of drug-likeness (QED) is 0.323. The predicted octanol–water partition coefficient (Wildman–Crippen LogP) is 5.25. The van der Waals surface area contributed by atoms with E-state index in [0.29, 0.717) is 43.4 Å². The number of aromatic nitrogens is 1. The average Bonchev–Trinajstić information content (AvgIpc) is 3.37. The van der Waals surface area contributed by atoms with E-state index in [2.05, 4.69) is 0 Å². The molecular weight excluding hydrogens is 506 g/mol. The van der Waals surface area contributed by atoms with Crippen molar-refractivity contribution in [2.45, 2.75) is 31.2 Å². The number of thiazole rings is 1. The second-order valence-corrected chi connectivity index (χ2v) is 12.1. The van der Waals surface area contributed by atoms with E-state index in [0.717, 1.165) is 21.3 Å². The number of carbonyl (C=O) groups is 1. The molecule has 0 unspecified atom stereocenters. The van der Waals surface area contributed by atoms with Crippen LogP contribution in [0.3, 0.4) is 0 Å². The molecular formula is C28H29N3O4S2. The number of carbonyl (C=O) groups excluding carboxylic acids is 1. The normalized spacial score (nSPS) is 15.1. The Bertz CT molecular complexity index is 1490. The molecule has 1 saturated heterocycles. The van der Waals surface area contributed by atoms with Crippen molar-refractivity contribution in [2.24, 2.45) is 5.92 Å². The van der Waals surface area contributed by atoms with Crippen molar-refractivity contribution in [1.82, 2.24) is 9.29 Å². The van der Waals surface area contributed by atoms with E-state index in [1.165, 1.54) is 15.6 Å². The molecule has 2 heterocycles. The number of aryl methyl sites for hydroxylation is 1. The maximum atomic E-state index is 13.9. The first-order valence-electron chi connectivity index (χ1n) is 12.2. The number of methoxy groups -OCH3 is 1. The first kappa shape index (κ1) is 25.4. The Morgan fingerprint density at radius 2 is 1.73 bits per heavy atom. The predicted molar refractivity (Wildman–Crippen MR) is 146 cm³/mol.